The van der Waals surface area contributed by atoms with Crippen LogP contribution in [0.15, 0.2) is 41.3 Å². The number of amides is 2. The minimum absolute atomic E-state index is 0.163. The summed E-state index contributed by atoms with van der Waals surface area (Å²) in [5, 5.41) is 15.9. The quantitative estimate of drug-likeness (QED) is 0.460. The van der Waals surface area contributed by atoms with Crippen LogP contribution < -0.4 is 5.32 Å². The Morgan fingerprint density at radius 3 is 2.68 bits per heavy atom. The third-order valence-corrected chi connectivity index (χ3v) is 5.64. The van der Waals surface area contributed by atoms with E-state index < -0.39 is 36.5 Å². The van der Waals surface area contributed by atoms with Gasteiger partial charge < -0.3 is 15.3 Å². The monoisotopic (exact) mass is 531 g/mol. The number of aromatic nitrogens is 5. The second kappa shape index (κ2) is 9.63. The molecule has 0 aromatic carbocycles. The fourth-order valence-electron chi connectivity index (χ4n) is 3.61. The maximum Gasteiger partial charge on any atom is 0.356 e. The van der Waals surface area contributed by atoms with Crippen molar-refractivity contribution in [1.29, 1.82) is 0 Å². The second-order valence-electron chi connectivity index (χ2n) is 7.63. The summed E-state index contributed by atoms with van der Waals surface area (Å²) in [4.78, 5) is 50.8. The van der Waals surface area contributed by atoms with E-state index in [-0.39, 0.29) is 24.5 Å². The molecule has 0 unspecified atom stereocenters. The Bertz CT molecular complexity index is 1250. The van der Waals surface area contributed by atoms with Crippen molar-refractivity contribution >= 4 is 39.5 Å². The Balaban J connectivity index is 1.56. The molecule has 0 radical (unpaired) electrons. The largest absolute Gasteiger partial charge is 0.476 e. The number of pyridine rings is 1. The third-order valence-electron chi connectivity index (χ3n) is 5.20. The van der Waals surface area contributed by atoms with Crippen molar-refractivity contribution in [2.75, 3.05) is 11.9 Å². The van der Waals surface area contributed by atoms with E-state index in [4.69, 9.17) is 0 Å². The number of anilines is 1. The molecule has 1 fully saturated rings. The molecule has 1 aliphatic rings. The number of alkyl halides is 1. The van der Waals surface area contributed by atoms with Gasteiger partial charge in [0.1, 0.15) is 35.0 Å². The molecule has 2 amide bonds. The lowest BCUT2D eigenvalue weighted by Gasteiger charge is -2.23. The normalized spacial score (nSPS) is 17.6. The lowest BCUT2D eigenvalue weighted by atomic mass is 10.2. The van der Waals surface area contributed by atoms with E-state index in [0.717, 1.165) is 4.90 Å². The molecule has 0 bridgehead atoms. The van der Waals surface area contributed by atoms with Crippen LogP contribution in [0.3, 0.4) is 0 Å². The van der Waals surface area contributed by atoms with E-state index in [1.807, 2.05) is 0 Å². The van der Waals surface area contributed by atoms with Gasteiger partial charge in [0.05, 0.1) is 12.2 Å². The van der Waals surface area contributed by atoms with E-state index in [1.54, 1.807) is 25.1 Å². The number of hydrogen-bond acceptors (Lipinski definition) is 7. The number of aromatic carboxylic acids is 1. The summed E-state index contributed by atoms with van der Waals surface area (Å²) in [7, 11) is 0. The number of halogens is 2. The summed E-state index contributed by atoms with van der Waals surface area (Å²) in [5.74, 6) is -1.66. The molecule has 1 aliphatic heterocycles. The van der Waals surface area contributed by atoms with Crippen molar-refractivity contribution in [2.45, 2.75) is 32.1 Å². The van der Waals surface area contributed by atoms with E-state index in [1.165, 1.54) is 23.1 Å². The number of nitrogens with one attached hydrogen (secondary N) is 1. The fraction of sp³-hybridized carbons (Fsp3) is 0.286. The first-order valence-electron chi connectivity index (χ1n) is 10.2. The van der Waals surface area contributed by atoms with Crippen LogP contribution in [-0.2, 0) is 16.1 Å². The van der Waals surface area contributed by atoms with E-state index >= 15 is 0 Å². The Kier molecular flexibility index (Phi) is 6.63. The van der Waals surface area contributed by atoms with E-state index in [0.29, 0.717) is 21.7 Å². The van der Waals surface area contributed by atoms with Crippen molar-refractivity contribution in [3.05, 3.63) is 52.8 Å². The van der Waals surface area contributed by atoms with Crippen LogP contribution in [-0.4, -0.2) is 71.3 Å². The maximum absolute atomic E-state index is 14.3. The first kappa shape index (κ1) is 23.4. The lowest BCUT2D eigenvalue weighted by molar-refractivity contribution is -0.137. The number of carboxylic acids is 1. The molecular weight excluding hydrogens is 513 g/mol. The molecule has 11 nitrogen and oxygen atoms in total. The smallest absolute Gasteiger partial charge is 0.356 e. The number of likely N-dealkylation sites (tertiary alicyclic amines) is 1. The highest BCUT2D eigenvalue weighted by Gasteiger charge is 2.40. The highest BCUT2D eigenvalue weighted by atomic mass is 79.9. The highest BCUT2D eigenvalue weighted by molar-refractivity contribution is 9.10. The second-order valence-corrected chi connectivity index (χ2v) is 8.44. The van der Waals surface area contributed by atoms with Gasteiger partial charge in [0.2, 0.25) is 11.8 Å². The van der Waals surface area contributed by atoms with E-state index in [9.17, 15) is 23.9 Å². The molecule has 13 heteroatoms. The van der Waals surface area contributed by atoms with Gasteiger partial charge in [0.25, 0.3) is 0 Å². The van der Waals surface area contributed by atoms with Gasteiger partial charge in [0.15, 0.2) is 5.69 Å². The van der Waals surface area contributed by atoms with Crippen molar-refractivity contribution in [3.63, 3.8) is 0 Å². The summed E-state index contributed by atoms with van der Waals surface area (Å²) in [5.41, 5.74) is 0.488. The highest BCUT2D eigenvalue weighted by Crippen LogP contribution is 2.24. The molecule has 34 heavy (non-hydrogen) atoms. The van der Waals surface area contributed by atoms with Crippen LogP contribution >= 0.6 is 15.9 Å². The summed E-state index contributed by atoms with van der Waals surface area (Å²) in [6.45, 7) is 1.03. The van der Waals surface area contributed by atoms with Crippen LogP contribution in [0.5, 0.6) is 0 Å². The molecular formula is C21H19BrFN7O4. The van der Waals surface area contributed by atoms with Crippen LogP contribution in [0.25, 0.3) is 11.3 Å². The number of nitrogens with zero attached hydrogens (tertiary/aromatic N) is 6. The van der Waals surface area contributed by atoms with Gasteiger partial charge in [-0.25, -0.2) is 24.1 Å². The molecule has 3 aromatic rings. The summed E-state index contributed by atoms with van der Waals surface area (Å²) in [6, 6.07) is 5.18. The minimum atomic E-state index is -1.38. The standard InChI is InChI=1S/C21H19BrFN7O4/c1-11-24-7-12(8-25-11)15-6-14(21(33)34)28-30(15)10-19(31)29-9-13(23)5-16(29)20(32)27-18-4-2-3-17(22)26-18/h2-4,6-8,13,16H,5,9-10H2,1H3,(H,33,34)(H,26,27,32)/t13-,16+/m1/s1. The molecule has 0 saturated carbocycles. The van der Waals surface area contributed by atoms with Crippen molar-refractivity contribution in [1.82, 2.24) is 29.6 Å². The number of aryl methyl sites for hydroxylation is 1. The van der Waals surface area contributed by atoms with E-state index in [2.05, 4.69) is 41.3 Å². The Morgan fingerprint density at radius 1 is 1.26 bits per heavy atom. The van der Waals surface area contributed by atoms with Gasteiger partial charge in [-0.2, -0.15) is 5.10 Å². The number of carbonyl (C=O) groups excluding carboxylic acids is 2. The zero-order chi connectivity index (χ0) is 24.4. The predicted octanol–water partition coefficient (Wildman–Crippen LogP) is 2.08. The van der Waals surface area contributed by atoms with Gasteiger partial charge in [-0.1, -0.05) is 6.07 Å². The van der Waals surface area contributed by atoms with Gasteiger partial charge in [-0.05, 0) is 41.1 Å². The molecule has 1 saturated heterocycles. The maximum atomic E-state index is 14.3. The predicted molar refractivity (Wildman–Crippen MR) is 121 cm³/mol. The number of carboxylic acid groups (broad SMARTS) is 1. The fourth-order valence-corrected chi connectivity index (χ4v) is 3.96. The average Bonchev–Trinajstić information content (AvgIpc) is 3.38. The number of rotatable bonds is 6. The Hall–Kier alpha value is -3.74. The molecule has 2 atom stereocenters. The van der Waals surface area contributed by atoms with Gasteiger partial charge in [-0.3, -0.25) is 14.3 Å². The molecule has 3 aromatic heterocycles. The van der Waals surface area contributed by atoms with Gasteiger partial charge in [-0.15, -0.1) is 0 Å². The molecule has 0 spiro atoms. The SMILES string of the molecule is Cc1ncc(-c2cc(C(=O)O)nn2CC(=O)N2C[C@H](F)C[C@H]2C(=O)Nc2cccc(Br)n2)cn1. The molecule has 176 valence electrons. The van der Waals surface area contributed by atoms with Crippen LogP contribution in [0.1, 0.15) is 22.7 Å². The topological polar surface area (TPSA) is 143 Å². The Labute approximate surface area is 201 Å². The zero-order valence-corrected chi connectivity index (χ0v) is 19.4. The molecule has 0 aliphatic carbocycles. The number of hydrogen-bond donors (Lipinski definition) is 2. The first-order valence-corrected chi connectivity index (χ1v) is 11.0. The van der Waals surface area contributed by atoms with Crippen LogP contribution in [0, 0.1) is 6.92 Å². The van der Waals surface area contributed by atoms with Gasteiger partial charge in [0, 0.05) is 24.4 Å². The minimum Gasteiger partial charge on any atom is -0.476 e. The number of carbonyl (C=O) groups is 3. The van der Waals surface area contributed by atoms with Crippen molar-refractivity contribution in [3.8, 4) is 11.3 Å². The third kappa shape index (κ3) is 5.09. The zero-order valence-electron chi connectivity index (χ0n) is 17.9. The van der Waals surface area contributed by atoms with Crippen molar-refractivity contribution in [2.24, 2.45) is 0 Å². The van der Waals surface area contributed by atoms with Crippen LogP contribution in [0.4, 0.5) is 10.2 Å². The average molecular weight is 532 g/mol. The van der Waals surface area contributed by atoms with Crippen LogP contribution in [0.2, 0.25) is 0 Å². The molecule has 2 N–H and O–H groups in total. The molecule has 4 rings (SSSR count). The van der Waals surface area contributed by atoms with Gasteiger partial charge >= 0.3 is 5.97 Å². The Morgan fingerprint density at radius 2 is 2.00 bits per heavy atom. The molecule has 4 heterocycles. The summed E-state index contributed by atoms with van der Waals surface area (Å²) < 4.78 is 16.0. The summed E-state index contributed by atoms with van der Waals surface area (Å²) in [6.07, 6.45) is 1.43. The first-order chi connectivity index (χ1) is 16.2. The van der Waals surface area contributed by atoms with Crippen molar-refractivity contribution < 1.29 is 23.9 Å². The lowest BCUT2D eigenvalue weighted by Crippen LogP contribution is -2.44. The summed E-state index contributed by atoms with van der Waals surface area (Å²) >= 11 is 3.21.